The van der Waals surface area contributed by atoms with Crippen LogP contribution < -0.4 is 5.32 Å². The molecule has 0 radical (unpaired) electrons. The molecule has 0 spiro atoms. The van der Waals surface area contributed by atoms with Crippen LogP contribution in [0.2, 0.25) is 0 Å². The van der Waals surface area contributed by atoms with Crippen molar-refractivity contribution in [1.82, 2.24) is 5.32 Å². The van der Waals surface area contributed by atoms with Gasteiger partial charge in [0, 0.05) is 32.7 Å². The maximum absolute atomic E-state index is 5.99. The second-order valence-corrected chi connectivity index (χ2v) is 5.98. The van der Waals surface area contributed by atoms with Crippen LogP contribution in [-0.2, 0) is 9.47 Å². The van der Waals surface area contributed by atoms with E-state index >= 15 is 0 Å². The molecule has 2 unspecified atom stereocenters. The van der Waals surface area contributed by atoms with E-state index < -0.39 is 0 Å². The van der Waals surface area contributed by atoms with Gasteiger partial charge in [0.1, 0.15) is 0 Å². The highest BCUT2D eigenvalue weighted by molar-refractivity contribution is 5.31. The molecule has 1 saturated heterocycles. The van der Waals surface area contributed by atoms with Gasteiger partial charge in [-0.05, 0) is 36.3 Å². The van der Waals surface area contributed by atoms with Crippen molar-refractivity contribution in [2.24, 2.45) is 5.92 Å². The second-order valence-electron chi connectivity index (χ2n) is 5.98. The van der Waals surface area contributed by atoms with Crippen molar-refractivity contribution in [2.45, 2.75) is 31.3 Å². The van der Waals surface area contributed by atoms with Crippen LogP contribution in [0.5, 0.6) is 0 Å². The minimum Gasteiger partial charge on any atom is -0.383 e. The molecule has 2 atom stereocenters. The van der Waals surface area contributed by atoms with Crippen LogP contribution in [-0.4, -0.2) is 33.4 Å². The van der Waals surface area contributed by atoms with Crippen molar-refractivity contribution in [3.63, 3.8) is 0 Å². The van der Waals surface area contributed by atoms with Crippen LogP contribution in [0.15, 0.2) is 24.3 Å². The fourth-order valence-electron chi connectivity index (χ4n) is 3.08. The summed E-state index contributed by atoms with van der Waals surface area (Å²) in [5.74, 6) is 1.40. The highest BCUT2D eigenvalue weighted by atomic mass is 16.5. The lowest BCUT2D eigenvalue weighted by molar-refractivity contribution is 0.0898. The van der Waals surface area contributed by atoms with Gasteiger partial charge >= 0.3 is 0 Å². The van der Waals surface area contributed by atoms with Gasteiger partial charge in [-0.1, -0.05) is 24.3 Å². The van der Waals surface area contributed by atoms with Gasteiger partial charge in [-0.15, -0.1) is 0 Å². The number of ether oxygens (including phenoxy) is 2. The van der Waals surface area contributed by atoms with Crippen molar-refractivity contribution < 1.29 is 9.47 Å². The Balaban J connectivity index is 1.60. The van der Waals surface area contributed by atoms with Gasteiger partial charge in [0.25, 0.3) is 0 Å². The topological polar surface area (TPSA) is 30.5 Å². The number of benzene rings is 1. The van der Waals surface area contributed by atoms with Crippen LogP contribution in [0.25, 0.3) is 0 Å². The van der Waals surface area contributed by atoms with Crippen molar-refractivity contribution in [1.29, 1.82) is 0 Å². The molecule has 20 heavy (non-hydrogen) atoms. The van der Waals surface area contributed by atoms with Crippen molar-refractivity contribution in [3.05, 3.63) is 35.4 Å². The van der Waals surface area contributed by atoms with E-state index in [1.54, 1.807) is 7.11 Å². The first kappa shape index (κ1) is 14.1. The molecule has 1 aliphatic heterocycles. The molecule has 2 aliphatic rings. The zero-order chi connectivity index (χ0) is 13.8. The second kappa shape index (κ2) is 6.70. The van der Waals surface area contributed by atoms with E-state index in [1.807, 2.05) is 0 Å². The lowest BCUT2D eigenvalue weighted by Crippen LogP contribution is -2.27. The van der Waals surface area contributed by atoms with Gasteiger partial charge in [-0.2, -0.15) is 0 Å². The van der Waals surface area contributed by atoms with Gasteiger partial charge in [-0.25, -0.2) is 0 Å². The first-order valence-corrected chi connectivity index (χ1v) is 7.79. The highest BCUT2D eigenvalue weighted by Crippen LogP contribution is 2.42. The molecule has 0 bridgehead atoms. The Hall–Kier alpha value is -0.900. The third-order valence-electron chi connectivity index (χ3n) is 4.39. The summed E-state index contributed by atoms with van der Waals surface area (Å²) in [6.07, 6.45) is 4.13. The van der Waals surface area contributed by atoms with Gasteiger partial charge in [0.15, 0.2) is 0 Å². The van der Waals surface area contributed by atoms with Crippen LogP contribution >= 0.6 is 0 Å². The van der Waals surface area contributed by atoms with E-state index in [2.05, 4.69) is 29.6 Å². The van der Waals surface area contributed by atoms with Crippen molar-refractivity contribution in [3.8, 4) is 0 Å². The van der Waals surface area contributed by atoms with Crippen LogP contribution in [0.3, 0.4) is 0 Å². The Morgan fingerprint density at radius 3 is 2.90 bits per heavy atom. The van der Waals surface area contributed by atoms with Crippen LogP contribution in [0.4, 0.5) is 0 Å². The van der Waals surface area contributed by atoms with E-state index in [0.717, 1.165) is 38.6 Å². The summed E-state index contributed by atoms with van der Waals surface area (Å²) in [4.78, 5) is 0. The number of hydrogen-bond donors (Lipinski definition) is 1. The minimum atomic E-state index is 0.267. The molecule has 1 aliphatic carbocycles. The van der Waals surface area contributed by atoms with Crippen LogP contribution in [0.1, 0.15) is 42.4 Å². The third-order valence-corrected chi connectivity index (χ3v) is 4.39. The summed E-state index contributed by atoms with van der Waals surface area (Å²) in [6.45, 7) is 3.59. The lowest BCUT2D eigenvalue weighted by atomic mass is 9.93. The fraction of sp³-hybridized carbons (Fsp3) is 0.647. The highest BCUT2D eigenvalue weighted by Gasteiger charge is 2.30. The standard InChI is InChI=1S/C17H25NO2/c1-19-10-8-18-12-16-7-9-20-17(16)15-4-2-3-14(11-15)13-5-6-13/h2-4,11,13,16-18H,5-10,12H2,1H3. The Bertz CT molecular complexity index is 431. The smallest absolute Gasteiger partial charge is 0.0866 e. The van der Waals surface area contributed by atoms with E-state index in [-0.39, 0.29) is 6.10 Å². The molecule has 0 aromatic heterocycles. The van der Waals surface area contributed by atoms with Gasteiger partial charge in [-0.3, -0.25) is 0 Å². The van der Waals surface area contributed by atoms with Crippen molar-refractivity contribution >= 4 is 0 Å². The molecule has 3 heteroatoms. The van der Waals surface area contributed by atoms with E-state index in [9.17, 15) is 0 Å². The Kier molecular flexibility index (Phi) is 4.71. The molecule has 3 rings (SSSR count). The van der Waals surface area contributed by atoms with Gasteiger partial charge in [0.05, 0.1) is 12.7 Å². The first-order chi connectivity index (χ1) is 9.88. The molecule has 0 amide bonds. The molecule has 2 fully saturated rings. The SMILES string of the molecule is COCCNCC1CCOC1c1cccc(C2CC2)c1. The maximum atomic E-state index is 5.99. The zero-order valence-corrected chi connectivity index (χ0v) is 12.3. The summed E-state index contributed by atoms with van der Waals surface area (Å²) in [5, 5.41) is 3.47. The number of rotatable bonds is 7. The van der Waals surface area contributed by atoms with E-state index in [0.29, 0.717) is 5.92 Å². The molecule has 1 aromatic rings. The maximum Gasteiger partial charge on any atom is 0.0866 e. The predicted molar refractivity (Wildman–Crippen MR) is 80.0 cm³/mol. The Labute approximate surface area is 121 Å². The van der Waals surface area contributed by atoms with E-state index in [1.165, 1.54) is 24.0 Å². The summed E-state index contributed by atoms with van der Waals surface area (Å²) >= 11 is 0. The molecule has 3 nitrogen and oxygen atoms in total. The average molecular weight is 275 g/mol. The van der Waals surface area contributed by atoms with Gasteiger partial charge in [0.2, 0.25) is 0 Å². The normalized spacial score (nSPS) is 26.1. The molecule has 1 saturated carbocycles. The average Bonchev–Trinajstić information content (AvgIpc) is 3.23. The van der Waals surface area contributed by atoms with Gasteiger partial charge < -0.3 is 14.8 Å². The predicted octanol–water partition coefficient (Wildman–Crippen LogP) is 2.88. The number of methoxy groups -OCH3 is 1. The monoisotopic (exact) mass is 275 g/mol. The van der Waals surface area contributed by atoms with Crippen molar-refractivity contribution in [2.75, 3.05) is 33.4 Å². The lowest BCUT2D eigenvalue weighted by Gasteiger charge is -2.20. The first-order valence-electron chi connectivity index (χ1n) is 7.79. The summed E-state index contributed by atoms with van der Waals surface area (Å²) in [6, 6.07) is 9.06. The molecular formula is C17H25NO2. The number of hydrogen-bond acceptors (Lipinski definition) is 3. The molecular weight excluding hydrogens is 250 g/mol. The summed E-state index contributed by atoms with van der Waals surface area (Å²) in [7, 11) is 1.74. The molecule has 110 valence electrons. The third kappa shape index (κ3) is 3.40. The number of nitrogens with one attached hydrogen (secondary N) is 1. The Morgan fingerprint density at radius 1 is 1.25 bits per heavy atom. The molecule has 1 aromatic carbocycles. The van der Waals surface area contributed by atoms with E-state index in [4.69, 9.17) is 9.47 Å². The fourth-order valence-corrected chi connectivity index (χ4v) is 3.08. The summed E-state index contributed by atoms with van der Waals surface area (Å²) < 4.78 is 11.1. The summed E-state index contributed by atoms with van der Waals surface area (Å²) in [5.41, 5.74) is 2.87. The molecule has 1 heterocycles. The quantitative estimate of drug-likeness (QED) is 0.776. The Morgan fingerprint density at radius 2 is 2.10 bits per heavy atom. The molecule has 1 N–H and O–H groups in total. The largest absolute Gasteiger partial charge is 0.383 e. The minimum absolute atomic E-state index is 0.267. The zero-order valence-electron chi connectivity index (χ0n) is 12.3. The van der Waals surface area contributed by atoms with Crippen LogP contribution in [0, 0.1) is 5.92 Å².